The summed E-state index contributed by atoms with van der Waals surface area (Å²) in [5.41, 5.74) is 2.87. The van der Waals surface area contributed by atoms with E-state index in [2.05, 4.69) is 25.9 Å². The van der Waals surface area contributed by atoms with Gasteiger partial charge in [0.2, 0.25) is 0 Å². The lowest BCUT2D eigenvalue weighted by Crippen LogP contribution is -2.21. The first kappa shape index (κ1) is 23.1. The number of ether oxygens (including phenoxy) is 1. The minimum atomic E-state index is -0.485. The highest BCUT2D eigenvalue weighted by atomic mass is 35.5. The van der Waals surface area contributed by atoms with Crippen molar-refractivity contribution in [2.24, 2.45) is 14.1 Å². The molecule has 1 aromatic carbocycles. The van der Waals surface area contributed by atoms with Crippen molar-refractivity contribution in [2.45, 2.75) is 20.6 Å². The van der Waals surface area contributed by atoms with Gasteiger partial charge in [-0.2, -0.15) is 15.3 Å². The van der Waals surface area contributed by atoms with Gasteiger partial charge in [-0.25, -0.2) is 4.68 Å². The van der Waals surface area contributed by atoms with E-state index in [1.165, 1.54) is 15.6 Å². The van der Waals surface area contributed by atoms with Gasteiger partial charge in [-0.05, 0) is 43.7 Å². The van der Waals surface area contributed by atoms with E-state index >= 15 is 0 Å². The predicted molar refractivity (Wildman–Crippen MR) is 126 cm³/mol. The summed E-state index contributed by atoms with van der Waals surface area (Å²) in [4.78, 5) is 25.6. The van der Waals surface area contributed by atoms with E-state index in [1.54, 1.807) is 49.4 Å². The Morgan fingerprint density at radius 2 is 1.71 bits per heavy atom. The molecule has 4 rings (SSSR count). The normalized spacial score (nSPS) is 10.9. The number of hydrogen-bond acceptors (Lipinski definition) is 6. The fourth-order valence-corrected chi connectivity index (χ4v) is 3.31. The van der Waals surface area contributed by atoms with Crippen LogP contribution in [-0.4, -0.2) is 41.2 Å². The third-order valence-electron chi connectivity index (χ3n) is 5.25. The minimum Gasteiger partial charge on any atom is -0.471 e. The standard InChI is InChI=1S/C22H23ClN8O3/c1-13-9-15(5-6-16(13)23)34-12-31-8-7-17(28-31)21(32)27-19-11-25-30(4)20(19)22(33)26-18-10-24-29(3)14(18)2/h5-11H,12H2,1-4H3,(H,26,33)(H,27,32). The topological polar surface area (TPSA) is 121 Å². The molecule has 0 radical (unpaired) electrons. The lowest BCUT2D eigenvalue weighted by molar-refractivity contribution is 0.101. The average Bonchev–Trinajstić information content (AvgIpc) is 3.50. The number of aromatic nitrogens is 6. The highest BCUT2D eigenvalue weighted by molar-refractivity contribution is 6.31. The molecule has 34 heavy (non-hydrogen) atoms. The van der Waals surface area contributed by atoms with Gasteiger partial charge >= 0.3 is 0 Å². The van der Waals surface area contributed by atoms with E-state index in [1.807, 2.05) is 19.9 Å². The second-order valence-corrected chi connectivity index (χ2v) is 8.04. The van der Waals surface area contributed by atoms with Gasteiger partial charge in [-0.3, -0.25) is 19.0 Å². The van der Waals surface area contributed by atoms with Crippen LogP contribution in [0.15, 0.2) is 42.9 Å². The molecule has 2 amide bonds. The van der Waals surface area contributed by atoms with Crippen molar-refractivity contribution in [1.29, 1.82) is 0 Å². The van der Waals surface area contributed by atoms with Gasteiger partial charge in [0.15, 0.2) is 12.4 Å². The van der Waals surface area contributed by atoms with Crippen LogP contribution in [0.5, 0.6) is 5.75 Å². The molecule has 0 aliphatic heterocycles. The zero-order valence-electron chi connectivity index (χ0n) is 19.0. The van der Waals surface area contributed by atoms with Crippen LogP contribution < -0.4 is 15.4 Å². The summed E-state index contributed by atoms with van der Waals surface area (Å²) >= 11 is 6.03. The van der Waals surface area contributed by atoms with Crippen molar-refractivity contribution in [3.63, 3.8) is 0 Å². The van der Waals surface area contributed by atoms with Crippen molar-refractivity contribution in [3.05, 3.63) is 70.5 Å². The van der Waals surface area contributed by atoms with Crippen molar-refractivity contribution in [3.8, 4) is 5.75 Å². The Balaban J connectivity index is 1.42. The molecule has 11 nitrogen and oxygen atoms in total. The number of carbonyl (C=O) groups excluding carboxylic acids is 2. The maximum absolute atomic E-state index is 12.9. The summed E-state index contributed by atoms with van der Waals surface area (Å²) in [5.74, 6) is -0.275. The predicted octanol–water partition coefficient (Wildman–Crippen LogP) is 3.16. The van der Waals surface area contributed by atoms with Gasteiger partial charge in [-0.15, -0.1) is 0 Å². The molecule has 0 spiro atoms. The van der Waals surface area contributed by atoms with Crippen molar-refractivity contribution >= 4 is 34.8 Å². The molecule has 0 fully saturated rings. The van der Waals surface area contributed by atoms with Crippen LogP contribution in [0.25, 0.3) is 0 Å². The van der Waals surface area contributed by atoms with E-state index in [9.17, 15) is 9.59 Å². The first-order valence-corrected chi connectivity index (χ1v) is 10.7. The lowest BCUT2D eigenvalue weighted by Gasteiger charge is -2.08. The zero-order chi connectivity index (χ0) is 24.4. The number of hydrogen-bond donors (Lipinski definition) is 2. The molecule has 4 aromatic rings. The van der Waals surface area contributed by atoms with Crippen molar-refractivity contribution < 1.29 is 14.3 Å². The smallest absolute Gasteiger partial charge is 0.276 e. The number of carbonyl (C=O) groups is 2. The Morgan fingerprint density at radius 1 is 1.00 bits per heavy atom. The molecule has 0 atom stereocenters. The number of nitrogens with zero attached hydrogens (tertiary/aromatic N) is 6. The van der Waals surface area contributed by atoms with Gasteiger partial charge in [0.25, 0.3) is 11.8 Å². The van der Waals surface area contributed by atoms with Gasteiger partial charge < -0.3 is 15.4 Å². The van der Waals surface area contributed by atoms with E-state index in [4.69, 9.17) is 16.3 Å². The molecule has 0 saturated carbocycles. The highest BCUT2D eigenvalue weighted by Gasteiger charge is 2.21. The molecule has 2 N–H and O–H groups in total. The van der Waals surface area contributed by atoms with Crippen LogP contribution in [0.2, 0.25) is 5.02 Å². The molecule has 12 heteroatoms. The molecular formula is C22H23ClN8O3. The molecule has 3 aromatic heterocycles. The number of benzene rings is 1. The number of halogens is 1. The SMILES string of the molecule is Cc1cc(OCn2ccc(C(=O)Nc3cnn(C)c3C(=O)Nc3cnn(C)c3C)n2)ccc1Cl. The molecular weight excluding hydrogens is 460 g/mol. The summed E-state index contributed by atoms with van der Waals surface area (Å²) < 4.78 is 10.2. The molecule has 0 saturated heterocycles. The number of amides is 2. The molecule has 0 aliphatic rings. The maximum Gasteiger partial charge on any atom is 0.276 e. The Morgan fingerprint density at radius 3 is 2.41 bits per heavy atom. The Labute approximate surface area is 200 Å². The Bertz CT molecular complexity index is 1370. The number of anilines is 2. The lowest BCUT2D eigenvalue weighted by atomic mass is 10.2. The van der Waals surface area contributed by atoms with Gasteiger partial charge in [0, 0.05) is 25.3 Å². The number of nitrogens with one attached hydrogen (secondary N) is 2. The summed E-state index contributed by atoms with van der Waals surface area (Å²) in [7, 11) is 3.40. The van der Waals surface area contributed by atoms with Crippen molar-refractivity contribution in [1.82, 2.24) is 29.3 Å². The van der Waals surface area contributed by atoms with Gasteiger partial charge in [0.1, 0.15) is 11.4 Å². The molecule has 0 unspecified atom stereocenters. The van der Waals surface area contributed by atoms with E-state index in [-0.39, 0.29) is 23.8 Å². The second-order valence-electron chi connectivity index (χ2n) is 7.63. The summed E-state index contributed by atoms with van der Waals surface area (Å²) in [6.07, 6.45) is 4.59. The quantitative estimate of drug-likeness (QED) is 0.417. The van der Waals surface area contributed by atoms with E-state index in [0.29, 0.717) is 16.5 Å². The molecule has 176 valence electrons. The van der Waals surface area contributed by atoms with Crippen LogP contribution in [0.1, 0.15) is 32.2 Å². The summed E-state index contributed by atoms with van der Waals surface area (Å²) in [6, 6.07) is 6.89. The molecule has 3 heterocycles. The van der Waals surface area contributed by atoms with Crippen LogP contribution in [0.3, 0.4) is 0 Å². The van der Waals surface area contributed by atoms with Crippen LogP contribution in [0, 0.1) is 13.8 Å². The Hall–Kier alpha value is -4.12. The van der Waals surface area contributed by atoms with E-state index in [0.717, 1.165) is 11.3 Å². The first-order chi connectivity index (χ1) is 16.2. The third-order valence-corrected chi connectivity index (χ3v) is 5.68. The van der Waals surface area contributed by atoms with Crippen LogP contribution >= 0.6 is 11.6 Å². The summed E-state index contributed by atoms with van der Waals surface area (Å²) in [5, 5.41) is 18.6. The minimum absolute atomic E-state index is 0.110. The van der Waals surface area contributed by atoms with Crippen LogP contribution in [0.4, 0.5) is 11.4 Å². The zero-order valence-corrected chi connectivity index (χ0v) is 19.8. The monoisotopic (exact) mass is 482 g/mol. The van der Waals surface area contributed by atoms with E-state index < -0.39 is 11.8 Å². The molecule has 0 aliphatic carbocycles. The average molecular weight is 483 g/mol. The summed E-state index contributed by atoms with van der Waals surface area (Å²) in [6.45, 7) is 3.83. The third kappa shape index (κ3) is 4.79. The highest BCUT2D eigenvalue weighted by Crippen LogP contribution is 2.22. The maximum atomic E-state index is 12.9. The number of aryl methyl sites for hydroxylation is 3. The first-order valence-electron chi connectivity index (χ1n) is 10.3. The fraction of sp³-hybridized carbons (Fsp3) is 0.227. The molecule has 0 bridgehead atoms. The fourth-order valence-electron chi connectivity index (χ4n) is 3.19. The Kier molecular flexibility index (Phi) is 6.37. The number of rotatable bonds is 7. The van der Waals surface area contributed by atoms with Crippen molar-refractivity contribution in [2.75, 3.05) is 10.6 Å². The van der Waals surface area contributed by atoms with Crippen LogP contribution in [-0.2, 0) is 20.8 Å². The largest absolute Gasteiger partial charge is 0.471 e. The second kappa shape index (κ2) is 9.40. The van der Waals surface area contributed by atoms with Gasteiger partial charge in [-0.1, -0.05) is 11.6 Å². The van der Waals surface area contributed by atoms with Gasteiger partial charge in [0.05, 0.1) is 29.5 Å².